The van der Waals surface area contributed by atoms with Crippen LogP contribution in [0.4, 0.5) is 0 Å². The van der Waals surface area contributed by atoms with Crippen LogP contribution in [-0.2, 0) is 4.79 Å². The summed E-state index contributed by atoms with van der Waals surface area (Å²) in [5.74, 6) is -1.24. The number of aliphatic carboxylic acids is 1. The molecule has 0 saturated carbocycles. The van der Waals surface area contributed by atoms with Gasteiger partial charge in [-0.05, 0) is 30.7 Å². The van der Waals surface area contributed by atoms with Crippen molar-refractivity contribution in [1.29, 1.82) is 0 Å². The fraction of sp³-hybridized carbons (Fsp3) is 0.167. The molecule has 0 aromatic heterocycles. The Morgan fingerprint density at radius 2 is 2.12 bits per heavy atom. The van der Waals surface area contributed by atoms with Crippen molar-refractivity contribution in [2.75, 3.05) is 0 Å². The second-order valence-electron chi connectivity index (χ2n) is 3.39. The molecular weight excluding hydrogens is 307 g/mol. The second kappa shape index (κ2) is 5.98. The number of carboxylic acids is 1. The van der Waals surface area contributed by atoms with E-state index in [2.05, 4.69) is 15.9 Å². The van der Waals surface area contributed by atoms with E-state index in [1.807, 2.05) is 0 Å². The number of carbonyl (C=O) groups excluding carboxylic acids is 1. The Morgan fingerprint density at radius 3 is 2.65 bits per heavy atom. The molecule has 5 heteroatoms. The highest BCUT2D eigenvalue weighted by Crippen LogP contribution is 2.22. The summed E-state index contributed by atoms with van der Waals surface area (Å²) in [5, 5.41) is 7.89. The zero-order chi connectivity index (χ0) is 13.0. The number of halogens is 2. The number of carbonyl (C=O) groups is 2. The summed E-state index contributed by atoms with van der Waals surface area (Å²) < 4.78 is 0.641. The number of alkyl halides is 1. The van der Waals surface area contributed by atoms with E-state index in [0.29, 0.717) is 15.6 Å². The lowest BCUT2D eigenvalue weighted by molar-refractivity contribution is -0.131. The Labute approximate surface area is 112 Å². The fourth-order valence-electron chi connectivity index (χ4n) is 1.22. The molecule has 0 amide bonds. The van der Waals surface area contributed by atoms with E-state index in [1.54, 1.807) is 25.1 Å². The molecule has 1 aromatic rings. The first-order valence-corrected chi connectivity index (χ1v) is 6.03. The molecule has 1 unspecified atom stereocenters. The van der Waals surface area contributed by atoms with Crippen LogP contribution >= 0.6 is 27.5 Å². The van der Waals surface area contributed by atoms with Crippen LogP contribution in [0.1, 0.15) is 22.8 Å². The molecule has 0 saturated heterocycles. The summed E-state index contributed by atoms with van der Waals surface area (Å²) in [5.41, 5.74) is 1.08. The SMILES string of the molecule is CC(Cl)C(=O)c1cc(/C=C/C(=O)O)ccc1Br. The van der Waals surface area contributed by atoms with Crippen molar-refractivity contribution in [1.82, 2.24) is 0 Å². The van der Waals surface area contributed by atoms with Crippen LogP contribution in [0.2, 0.25) is 0 Å². The van der Waals surface area contributed by atoms with Crippen molar-refractivity contribution < 1.29 is 14.7 Å². The van der Waals surface area contributed by atoms with Crippen LogP contribution in [0, 0.1) is 0 Å². The molecule has 0 heterocycles. The standard InChI is InChI=1S/C12H10BrClO3/c1-7(14)12(17)9-6-8(2-4-10(9)13)3-5-11(15)16/h2-7H,1H3,(H,15,16)/b5-3+. The van der Waals surface area contributed by atoms with Gasteiger partial charge in [0.2, 0.25) is 0 Å². The third-order valence-corrected chi connectivity index (χ3v) is 2.93. The van der Waals surface area contributed by atoms with Crippen LogP contribution in [0.3, 0.4) is 0 Å². The summed E-state index contributed by atoms with van der Waals surface area (Å²) in [6.07, 6.45) is 2.44. The Bertz CT molecular complexity index is 481. The highest BCUT2D eigenvalue weighted by molar-refractivity contribution is 9.10. The summed E-state index contributed by atoms with van der Waals surface area (Å²) in [4.78, 5) is 22.1. The van der Waals surface area contributed by atoms with Gasteiger partial charge in [-0.25, -0.2) is 4.79 Å². The number of rotatable bonds is 4. The number of Topliss-reactive ketones (excluding diaryl/α,β-unsaturated/α-hetero) is 1. The molecule has 0 aliphatic rings. The average Bonchev–Trinajstić information content (AvgIpc) is 2.26. The van der Waals surface area contributed by atoms with Gasteiger partial charge in [0, 0.05) is 16.1 Å². The van der Waals surface area contributed by atoms with Crippen molar-refractivity contribution >= 4 is 45.4 Å². The maximum Gasteiger partial charge on any atom is 0.328 e. The monoisotopic (exact) mass is 316 g/mol. The normalized spacial score (nSPS) is 12.6. The zero-order valence-corrected chi connectivity index (χ0v) is 11.3. The van der Waals surface area contributed by atoms with Crippen LogP contribution in [0.5, 0.6) is 0 Å². The molecule has 1 N–H and O–H groups in total. The maximum absolute atomic E-state index is 11.8. The van der Waals surface area contributed by atoms with Gasteiger partial charge in [-0.1, -0.05) is 22.0 Å². The molecule has 0 radical (unpaired) electrons. The van der Waals surface area contributed by atoms with E-state index < -0.39 is 11.3 Å². The molecule has 90 valence electrons. The molecule has 1 aromatic carbocycles. The smallest absolute Gasteiger partial charge is 0.328 e. The molecule has 0 aliphatic carbocycles. The summed E-state index contributed by atoms with van der Waals surface area (Å²) in [6, 6.07) is 5.00. The number of hydrogen-bond acceptors (Lipinski definition) is 2. The van der Waals surface area contributed by atoms with Crippen molar-refractivity contribution in [3.8, 4) is 0 Å². The average molecular weight is 318 g/mol. The van der Waals surface area contributed by atoms with Crippen LogP contribution in [0.15, 0.2) is 28.7 Å². The third-order valence-electron chi connectivity index (χ3n) is 2.04. The number of carboxylic acid groups (broad SMARTS) is 1. The number of hydrogen-bond donors (Lipinski definition) is 1. The largest absolute Gasteiger partial charge is 0.478 e. The van der Waals surface area contributed by atoms with Gasteiger partial charge >= 0.3 is 5.97 Å². The Morgan fingerprint density at radius 1 is 1.47 bits per heavy atom. The van der Waals surface area contributed by atoms with Gasteiger partial charge in [-0.15, -0.1) is 11.6 Å². The predicted octanol–water partition coefficient (Wildman–Crippen LogP) is 3.36. The van der Waals surface area contributed by atoms with E-state index in [1.165, 1.54) is 6.08 Å². The van der Waals surface area contributed by atoms with Gasteiger partial charge in [-0.2, -0.15) is 0 Å². The third kappa shape index (κ3) is 3.98. The van der Waals surface area contributed by atoms with Crippen molar-refractivity contribution in [3.63, 3.8) is 0 Å². The molecule has 1 atom stereocenters. The van der Waals surface area contributed by atoms with Crippen LogP contribution in [0.25, 0.3) is 6.08 Å². The van der Waals surface area contributed by atoms with Crippen molar-refractivity contribution in [3.05, 3.63) is 39.9 Å². The van der Waals surface area contributed by atoms with Crippen molar-refractivity contribution in [2.45, 2.75) is 12.3 Å². The first kappa shape index (κ1) is 13.9. The molecule has 0 spiro atoms. The lowest BCUT2D eigenvalue weighted by atomic mass is 10.1. The van der Waals surface area contributed by atoms with Crippen LogP contribution < -0.4 is 0 Å². The predicted molar refractivity (Wildman–Crippen MR) is 70.5 cm³/mol. The molecule has 3 nitrogen and oxygen atoms in total. The van der Waals surface area contributed by atoms with Gasteiger partial charge in [0.25, 0.3) is 0 Å². The van der Waals surface area contributed by atoms with Gasteiger partial charge in [0.05, 0.1) is 5.38 Å². The van der Waals surface area contributed by atoms with E-state index in [0.717, 1.165) is 6.08 Å². The molecule has 1 rings (SSSR count). The van der Waals surface area contributed by atoms with E-state index in [9.17, 15) is 9.59 Å². The van der Waals surface area contributed by atoms with Gasteiger partial charge in [0.15, 0.2) is 5.78 Å². The van der Waals surface area contributed by atoms with Gasteiger partial charge < -0.3 is 5.11 Å². The highest BCUT2D eigenvalue weighted by atomic mass is 79.9. The van der Waals surface area contributed by atoms with E-state index in [-0.39, 0.29) is 5.78 Å². The van der Waals surface area contributed by atoms with Crippen LogP contribution in [-0.4, -0.2) is 22.2 Å². The molecule has 0 fully saturated rings. The lowest BCUT2D eigenvalue weighted by Crippen LogP contribution is -2.11. The number of benzene rings is 1. The fourth-order valence-corrected chi connectivity index (χ4v) is 1.78. The quantitative estimate of drug-likeness (QED) is 0.526. The van der Waals surface area contributed by atoms with E-state index in [4.69, 9.17) is 16.7 Å². The van der Waals surface area contributed by atoms with Gasteiger partial charge in [0.1, 0.15) is 0 Å². The Hall–Kier alpha value is -1.13. The van der Waals surface area contributed by atoms with Crippen molar-refractivity contribution in [2.24, 2.45) is 0 Å². The highest BCUT2D eigenvalue weighted by Gasteiger charge is 2.15. The van der Waals surface area contributed by atoms with E-state index >= 15 is 0 Å². The second-order valence-corrected chi connectivity index (χ2v) is 4.90. The summed E-state index contributed by atoms with van der Waals surface area (Å²) in [6.45, 7) is 1.59. The first-order valence-electron chi connectivity index (χ1n) is 4.80. The zero-order valence-electron chi connectivity index (χ0n) is 8.98. The Balaban J connectivity index is 3.11. The Kier molecular flexibility index (Phi) is 4.90. The lowest BCUT2D eigenvalue weighted by Gasteiger charge is -2.06. The summed E-state index contributed by atoms with van der Waals surface area (Å²) >= 11 is 8.99. The van der Waals surface area contributed by atoms with Gasteiger partial charge in [-0.3, -0.25) is 4.79 Å². The minimum absolute atomic E-state index is 0.205. The molecule has 0 aliphatic heterocycles. The first-order chi connectivity index (χ1) is 7.91. The molecule has 0 bridgehead atoms. The number of ketones is 1. The summed E-state index contributed by atoms with van der Waals surface area (Å²) in [7, 11) is 0. The molecular formula is C12H10BrClO3. The molecule has 17 heavy (non-hydrogen) atoms. The minimum Gasteiger partial charge on any atom is -0.478 e. The maximum atomic E-state index is 11.8. The topological polar surface area (TPSA) is 54.4 Å². The minimum atomic E-state index is -1.04.